The van der Waals surface area contributed by atoms with E-state index >= 15 is 0 Å². The Kier molecular flexibility index (Phi) is 5.04. The summed E-state index contributed by atoms with van der Waals surface area (Å²) in [6.45, 7) is 3.90. The van der Waals surface area contributed by atoms with Gasteiger partial charge in [-0.05, 0) is 35.9 Å². The molecule has 29 heavy (non-hydrogen) atoms. The number of carbonyl (C=O) groups excluding carboxylic acids is 2. The highest BCUT2D eigenvalue weighted by Crippen LogP contribution is 2.32. The van der Waals surface area contributed by atoms with Crippen molar-refractivity contribution in [3.05, 3.63) is 72.3 Å². The van der Waals surface area contributed by atoms with Crippen LogP contribution < -0.4 is 10.1 Å². The van der Waals surface area contributed by atoms with Crippen molar-refractivity contribution in [3.63, 3.8) is 0 Å². The third-order valence-corrected chi connectivity index (χ3v) is 4.85. The first-order chi connectivity index (χ1) is 14.0. The van der Waals surface area contributed by atoms with Crippen LogP contribution in [0.1, 0.15) is 25.8 Å². The Morgan fingerprint density at radius 1 is 0.931 bits per heavy atom. The summed E-state index contributed by atoms with van der Waals surface area (Å²) >= 11 is 0. The van der Waals surface area contributed by atoms with Gasteiger partial charge in [0.05, 0.1) is 5.52 Å². The number of carbonyl (C=O) groups is 2. The number of hydrogen-bond acceptors (Lipinski definition) is 3. The molecular weight excluding hydrogens is 364 g/mol. The summed E-state index contributed by atoms with van der Waals surface area (Å²) in [4.78, 5) is 23.1. The molecule has 0 saturated carbocycles. The van der Waals surface area contributed by atoms with E-state index in [1.54, 1.807) is 6.92 Å². The van der Waals surface area contributed by atoms with E-state index < -0.39 is 0 Å². The van der Waals surface area contributed by atoms with Crippen molar-refractivity contribution in [3.8, 4) is 5.75 Å². The van der Waals surface area contributed by atoms with Crippen LogP contribution in [0.2, 0.25) is 0 Å². The Morgan fingerprint density at radius 3 is 2.52 bits per heavy atom. The fourth-order valence-electron chi connectivity index (χ4n) is 3.60. The van der Waals surface area contributed by atoms with Gasteiger partial charge in [-0.15, -0.1) is 0 Å². The normalized spacial score (nSPS) is 11.0. The smallest absolute Gasteiger partial charge is 0.310 e. The van der Waals surface area contributed by atoms with Crippen molar-refractivity contribution in [1.82, 2.24) is 4.57 Å². The lowest BCUT2D eigenvalue weighted by Gasteiger charge is -2.10. The Labute approximate surface area is 168 Å². The summed E-state index contributed by atoms with van der Waals surface area (Å²) in [5.74, 6) is 0.191. The highest BCUT2D eigenvalue weighted by molar-refractivity contribution is 6.08. The Bertz CT molecular complexity index is 1220. The molecule has 0 saturated heterocycles. The third kappa shape index (κ3) is 3.85. The number of amides is 1. The summed E-state index contributed by atoms with van der Waals surface area (Å²) in [6, 6.07) is 21.8. The number of para-hydroxylation sites is 1. The second-order valence-electron chi connectivity index (χ2n) is 6.99. The Balaban J connectivity index is 1.82. The molecule has 3 aromatic carbocycles. The van der Waals surface area contributed by atoms with Crippen LogP contribution in [0.5, 0.6) is 5.75 Å². The van der Waals surface area contributed by atoms with Gasteiger partial charge in [0.1, 0.15) is 5.75 Å². The number of nitrogens with one attached hydrogen (secondary N) is 1. The molecule has 146 valence electrons. The first kappa shape index (κ1) is 18.7. The maximum absolute atomic E-state index is 11.7. The van der Waals surface area contributed by atoms with Gasteiger partial charge in [0, 0.05) is 47.9 Å². The average molecular weight is 386 g/mol. The number of anilines is 1. The molecule has 1 N–H and O–H groups in total. The molecule has 5 heteroatoms. The van der Waals surface area contributed by atoms with E-state index in [0.29, 0.717) is 18.7 Å². The van der Waals surface area contributed by atoms with E-state index in [2.05, 4.69) is 22.0 Å². The van der Waals surface area contributed by atoms with Gasteiger partial charge in [-0.3, -0.25) is 9.59 Å². The molecule has 1 amide bonds. The number of esters is 1. The number of ether oxygens (including phenoxy) is 1. The number of nitrogens with zero attached hydrogens (tertiary/aromatic N) is 1. The largest absolute Gasteiger partial charge is 0.426 e. The molecule has 1 aromatic heterocycles. The van der Waals surface area contributed by atoms with E-state index in [9.17, 15) is 9.59 Å². The Hall–Kier alpha value is -3.60. The number of benzene rings is 3. The van der Waals surface area contributed by atoms with Crippen molar-refractivity contribution in [2.75, 3.05) is 5.32 Å². The van der Waals surface area contributed by atoms with Gasteiger partial charge in [0.25, 0.3) is 0 Å². The van der Waals surface area contributed by atoms with Gasteiger partial charge >= 0.3 is 5.97 Å². The van der Waals surface area contributed by atoms with Gasteiger partial charge in [-0.1, -0.05) is 37.3 Å². The van der Waals surface area contributed by atoms with E-state index in [1.165, 1.54) is 6.92 Å². The van der Waals surface area contributed by atoms with Crippen LogP contribution in [0.15, 0.2) is 66.7 Å². The lowest BCUT2D eigenvalue weighted by molar-refractivity contribution is -0.134. The SMILES string of the molecule is CCC(=O)Oc1ccc2c3ccccc3n(Cc3cccc(NC(C)=O)c3)c2c1. The third-order valence-electron chi connectivity index (χ3n) is 4.85. The molecule has 4 rings (SSSR count). The average Bonchev–Trinajstić information content (AvgIpc) is 3.01. The Morgan fingerprint density at radius 2 is 1.72 bits per heavy atom. The minimum atomic E-state index is -0.255. The molecule has 0 aliphatic carbocycles. The van der Waals surface area contributed by atoms with E-state index in [4.69, 9.17) is 4.74 Å². The minimum absolute atomic E-state index is 0.0959. The van der Waals surface area contributed by atoms with E-state index in [-0.39, 0.29) is 11.9 Å². The van der Waals surface area contributed by atoms with Crippen LogP contribution >= 0.6 is 0 Å². The highest BCUT2D eigenvalue weighted by atomic mass is 16.5. The maximum atomic E-state index is 11.7. The van der Waals surface area contributed by atoms with Gasteiger partial charge in [0.2, 0.25) is 5.91 Å². The zero-order valence-electron chi connectivity index (χ0n) is 16.4. The molecule has 0 radical (unpaired) electrons. The van der Waals surface area contributed by atoms with Crippen molar-refractivity contribution in [2.24, 2.45) is 0 Å². The molecule has 0 atom stereocenters. The van der Waals surface area contributed by atoms with Crippen LogP contribution in [-0.2, 0) is 16.1 Å². The summed E-state index contributed by atoms with van der Waals surface area (Å²) in [6.07, 6.45) is 0.330. The van der Waals surface area contributed by atoms with Crippen molar-refractivity contribution in [2.45, 2.75) is 26.8 Å². The van der Waals surface area contributed by atoms with Crippen LogP contribution in [-0.4, -0.2) is 16.4 Å². The van der Waals surface area contributed by atoms with Gasteiger partial charge in [-0.2, -0.15) is 0 Å². The second kappa shape index (κ2) is 7.80. The van der Waals surface area contributed by atoms with E-state index in [1.807, 2.05) is 54.6 Å². The molecular formula is C24H22N2O3. The predicted octanol–water partition coefficient (Wildman–Crippen LogP) is 5.12. The van der Waals surface area contributed by atoms with Crippen LogP contribution in [0.25, 0.3) is 21.8 Å². The molecule has 0 bridgehead atoms. The summed E-state index contributed by atoms with van der Waals surface area (Å²) in [5.41, 5.74) is 3.94. The number of fused-ring (bicyclic) bond motifs is 3. The monoisotopic (exact) mass is 386 g/mol. The lowest BCUT2D eigenvalue weighted by atomic mass is 10.1. The van der Waals surface area contributed by atoms with Crippen molar-refractivity contribution >= 4 is 39.4 Å². The van der Waals surface area contributed by atoms with Crippen LogP contribution in [0.3, 0.4) is 0 Å². The number of aromatic nitrogens is 1. The van der Waals surface area contributed by atoms with Gasteiger partial charge in [-0.25, -0.2) is 0 Å². The fourth-order valence-corrected chi connectivity index (χ4v) is 3.60. The predicted molar refractivity (Wildman–Crippen MR) is 115 cm³/mol. The minimum Gasteiger partial charge on any atom is -0.426 e. The quantitative estimate of drug-likeness (QED) is 0.383. The molecule has 5 nitrogen and oxygen atoms in total. The zero-order valence-corrected chi connectivity index (χ0v) is 16.4. The number of rotatable bonds is 5. The highest BCUT2D eigenvalue weighted by Gasteiger charge is 2.13. The summed E-state index contributed by atoms with van der Waals surface area (Å²) in [5, 5.41) is 5.08. The van der Waals surface area contributed by atoms with Gasteiger partial charge in [0.15, 0.2) is 0 Å². The van der Waals surface area contributed by atoms with Crippen LogP contribution in [0.4, 0.5) is 5.69 Å². The first-order valence-corrected chi connectivity index (χ1v) is 9.63. The molecule has 1 heterocycles. The standard InChI is InChI=1S/C24H22N2O3/c1-3-24(28)29-19-11-12-21-20-9-4-5-10-22(20)26(23(21)14-19)15-17-7-6-8-18(13-17)25-16(2)27/h4-14H,3,15H2,1-2H3,(H,25,27). The maximum Gasteiger partial charge on any atom is 0.310 e. The molecule has 0 spiro atoms. The topological polar surface area (TPSA) is 60.3 Å². The second-order valence-corrected chi connectivity index (χ2v) is 6.99. The van der Waals surface area contributed by atoms with Crippen LogP contribution in [0, 0.1) is 0 Å². The zero-order chi connectivity index (χ0) is 20.4. The summed E-state index contributed by atoms with van der Waals surface area (Å²) in [7, 11) is 0. The van der Waals surface area contributed by atoms with Crippen molar-refractivity contribution < 1.29 is 14.3 Å². The first-order valence-electron chi connectivity index (χ1n) is 9.63. The molecule has 0 unspecified atom stereocenters. The van der Waals surface area contributed by atoms with E-state index in [0.717, 1.165) is 33.1 Å². The fraction of sp³-hybridized carbons (Fsp3) is 0.167. The number of hydrogen-bond donors (Lipinski definition) is 1. The van der Waals surface area contributed by atoms with Gasteiger partial charge < -0.3 is 14.6 Å². The summed E-state index contributed by atoms with van der Waals surface area (Å²) < 4.78 is 7.65. The molecule has 0 aliphatic rings. The van der Waals surface area contributed by atoms with Crippen molar-refractivity contribution in [1.29, 1.82) is 0 Å². The molecule has 0 fully saturated rings. The lowest BCUT2D eigenvalue weighted by Crippen LogP contribution is -2.07. The molecule has 0 aliphatic heterocycles. The molecule has 4 aromatic rings.